The fourth-order valence-electron chi connectivity index (χ4n) is 5.32. The minimum atomic E-state index is -3.96. The second-order valence-corrected chi connectivity index (χ2v) is 17.9. The van der Waals surface area contributed by atoms with Crippen LogP contribution in [0.2, 0.25) is 0 Å². The van der Waals surface area contributed by atoms with Crippen LogP contribution in [0.15, 0.2) is 71.3 Å². The van der Waals surface area contributed by atoms with Gasteiger partial charge in [-0.05, 0) is 87.6 Å². The predicted octanol–water partition coefficient (Wildman–Crippen LogP) is 7.77. The highest BCUT2D eigenvalue weighted by Crippen LogP contribution is 2.34. The average Bonchev–Trinajstić information content (AvgIpc) is 3.52. The van der Waals surface area contributed by atoms with Gasteiger partial charge >= 0.3 is 10.1 Å². The molecule has 3 aromatic rings. The summed E-state index contributed by atoms with van der Waals surface area (Å²) in [7, 11) is -7.37. The van der Waals surface area contributed by atoms with Gasteiger partial charge in [0.2, 0.25) is 0 Å². The van der Waals surface area contributed by atoms with Crippen molar-refractivity contribution in [2.45, 2.75) is 103 Å². The lowest BCUT2D eigenvalue weighted by molar-refractivity contribution is 0.0802. The molecule has 0 fully saturated rings. The maximum absolute atomic E-state index is 13.1. The largest absolute Gasteiger partial charge is 0.488 e. The van der Waals surface area contributed by atoms with E-state index in [-0.39, 0.29) is 41.4 Å². The smallest absolute Gasteiger partial charge is 0.310 e. The van der Waals surface area contributed by atoms with Gasteiger partial charge in [0.25, 0.3) is 0 Å². The second-order valence-electron chi connectivity index (χ2n) is 13.5. The van der Waals surface area contributed by atoms with Crippen molar-refractivity contribution in [1.29, 1.82) is 0 Å². The molecule has 2 aromatic carbocycles. The van der Waals surface area contributed by atoms with Crippen molar-refractivity contribution in [2.24, 2.45) is 0 Å². The number of benzene rings is 2. The molecule has 8 nitrogen and oxygen atoms in total. The van der Waals surface area contributed by atoms with Gasteiger partial charge in [0.15, 0.2) is 9.84 Å². The third-order valence-corrected chi connectivity index (χ3v) is 13.0. The molecule has 0 aliphatic rings. The van der Waals surface area contributed by atoms with E-state index in [1.165, 1.54) is 6.26 Å². The molecule has 0 saturated heterocycles. The van der Waals surface area contributed by atoms with Crippen molar-refractivity contribution in [3.63, 3.8) is 0 Å². The summed E-state index contributed by atoms with van der Waals surface area (Å²) >= 11 is 0. The topological polar surface area (TPSA) is 103 Å². The highest BCUT2D eigenvalue weighted by molar-refractivity contribution is 7.92. The Kier molecular flexibility index (Phi) is 12.6. The molecular weight excluding hydrogens is 623 g/mol. The summed E-state index contributed by atoms with van der Waals surface area (Å²) in [4.78, 5) is 1.78. The normalized spacial score (nSPS) is 13.2. The van der Waals surface area contributed by atoms with Gasteiger partial charge < -0.3 is 13.3 Å². The Morgan fingerprint density at radius 2 is 1.28 bits per heavy atom. The zero-order chi connectivity index (χ0) is 34.2. The van der Waals surface area contributed by atoms with E-state index >= 15 is 0 Å². The van der Waals surface area contributed by atoms with Crippen LogP contribution in [0.4, 0.5) is 0 Å². The van der Waals surface area contributed by atoms with Crippen LogP contribution in [0.5, 0.6) is 11.5 Å². The van der Waals surface area contributed by atoms with Gasteiger partial charge in [0.05, 0.1) is 29.1 Å². The van der Waals surface area contributed by atoms with Crippen molar-refractivity contribution in [1.82, 2.24) is 4.90 Å². The van der Waals surface area contributed by atoms with Crippen molar-refractivity contribution >= 4 is 20.0 Å². The summed E-state index contributed by atoms with van der Waals surface area (Å²) in [6, 6.07) is 18.8. The average molecular weight is 676 g/mol. The van der Waals surface area contributed by atoms with Crippen LogP contribution in [0.3, 0.4) is 0 Å². The number of nitrogens with zero attached hydrogens (tertiary/aromatic N) is 1. The van der Waals surface area contributed by atoms with Crippen LogP contribution < -0.4 is 8.92 Å². The first-order valence-electron chi connectivity index (χ1n) is 16.2. The Balaban J connectivity index is 1.66. The van der Waals surface area contributed by atoms with Gasteiger partial charge in [0, 0.05) is 18.5 Å². The third-order valence-electron chi connectivity index (χ3n) is 9.22. The maximum Gasteiger partial charge on any atom is 0.310 e. The lowest BCUT2D eigenvalue weighted by atomic mass is 9.78. The molecule has 0 aliphatic heterocycles. The molecule has 0 spiro atoms. The Labute approximate surface area is 277 Å². The fourth-order valence-corrected chi connectivity index (χ4v) is 7.85. The van der Waals surface area contributed by atoms with Crippen LogP contribution in [0.25, 0.3) is 0 Å². The lowest BCUT2D eigenvalue weighted by Gasteiger charge is -2.30. The second kappa shape index (κ2) is 15.4. The van der Waals surface area contributed by atoms with E-state index in [4.69, 9.17) is 13.3 Å². The van der Waals surface area contributed by atoms with E-state index in [2.05, 4.69) is 46.8 Å². The van der Waals surface area contributed by atoms with Crippen LogP contribution in [-0.2, 0) is 31.9 Å². The van der Waals surface area contributed by atoms with Gasteiger partial charge in [-0.1, -0.05) is 65.3 Å². The molecule has 0 radical (unpaired) electrons. The Morgan fingerprint density at radius 1 is 0.739 bits per heavy atom. The lowest BCUT2D eigenvalue weighted by Crippen LogP contribution is -2.39. The quantitative estimate of drug-likeness (QED) is 0.119. The highest BCUT2D eigenvalue weighted by atomic mass is 32.2. The van der Waals surface area contributed by atoms with E-state index in [1.807, 2.05) is 31.2 Å². The minimum Gasteiger partial charge on any atom is -0.488 e. The van der Waals surface area contributed by atoms with E-state index < -0.39 is 24.7 Å². The molecular formula is C36H53NO7S2. The standard InChI is InChI=1S/C36H53NO7S2/c1-9-22-34(4,5)45(38,39)26-23-37(28-33-13-12-25-42-33)24-27-46(40,41)44-32-20-16-30(17-21-32)35(6,7)29-14-18-31(19-15-29)43-36(8,10-2)11-3/h12-21,25H,9-11,22-24,26-28H2,1-8H3. The van der Waals surface area contributed by atoms with E-state index in [9.17, 15) is 16.8 Å². The maximum atomic E-state index is 13.1. The number of hydrogen-bond donors (Lipinski definition) is 0. The number of furan rings is 1. The van der Waals surface area contributed by atoms with Gasteiger partial charge in [-0.2, -0.15) is 8.42 Å². The van der Waals surface area contributed by atoms with E-state index in [1.54, 1.807) is 43.0 Å². The van der Waals surface area contributed by atoms with Crippen molar-refractivity contribution in [2.75, 3.05) is 24.6 Å². The summed E-state index contributed by atoms with van der Waals surface area (Å²) in [5, 5.41) is 0. The van der Waals surface area contributed by atoms with Gasteiger partial charge in [-0.3, -0.25) is 4.90 Å². The first-order chi connectivity index (χ1) is 21.5. The first kappa shape index (κ1) is 37.6. The number of rotatable bonds is 19. The summed E-state index contributed by atoms with van der Waals surface area (Å²) in [6.07, 6.45) is 4.71. The molecule has 0 unspecified atom stereocenters. The Bertz CT molecular complexity index is 1570. The fraction of sp³-hybridized carbons (Fsp3) is 0.556. The van der Waals surface area contributed by atoms with E-state index in [0.717, 1.165) is 36.1 Å². The van der Waals surface area contributed by atoms with Crippen molar-refractivity contribution in [3.8, 4) is 11.5 Å². The molecule has 0 N–H and O–H groups in total. The minimum absolute atomic E-state index is 0.0779. The molecule has 0 atom stereocenters. The highest BCUT2D eigenvalue weighted by Gasteiger charge is 2.33. The molecule has 0 saturated carbocycles. The Morgan fingerprint density at radius 3 is 1.78 bits per heavy atom. The molecule has 256 valence electrons. The van der Waals surface area contributed by atoms with Gasteiger partial charge in [-0.15, -0.1) is 0 Å². The predicted molar refractivity (Wildman–Crippen MR) is 186 cm³/mol. The monoisotopic (exact) mass is 675 g/mol. The van der Waals surface area contributed by atoms with Crippen LogP contribution in [-0.4, -0.2) is 56.7 Å². The SMILES string of the molecule is CCCC(C)(C)S(=O)(=O)CCN(CCS(=O)(=O)Oc1ccc(C(C)(C)c2ccc(OC(C)(CC)CC)cc2)cc1)Cc1ccco1. The van der Waals surface area contributed by atoms with Gasteiger partial charge in [-0.25, -0.2) is 8.42 Å². The molecule has 10 heteroatoms. The van der Waals surface area contributed by atoms with Crippen molar-refractivity contribution in [3.05, 3.63) is 83.8 Å². The van der Waals surface area contributed by atoms with Crippen LogP contribution in [0, 0.1) is 0 Å². The number of hydrogen-bond acceptors (Lipinski definition) is 8. The Hall–Kier alpha value is -2.82. The molecule has 1 heterocycles. The summed E-state index contributed by atoms with van der Waals surface area (Å²) in [6.45, 7) is 16.6. The van der Waals surface area contributed by atoms with E-state index in [0.29, 0.717) is 18.7 Å². The molecule has 3 rings (SSSR count). The van der Waals surface area contributed by atoms with Crippen LogP contribution in [0.1, 0.15) is 98.0 Å². The summed E-state index contributed by atoms with van der Waals surface area (Å²) in [5.74, 6) is 1.31. The molecule has 1 aromatic heterocycles. The van der Waals surface area contributed by atoms with Gasteiger partial charge in [0.1, 0.15) is 22.9 Å². The molecule has 0 bridgehead atoms. The van der Waals surface area contributed by atoms with Crippen molar-refractivity contribution < 1.29 is 30.2 Å². The summed E-state index contributed by atoms with van der Waals surface area (Å²) < 4.78 is 68.5. The third kappa shape index (κ3) is 10.1. The number of sulfone groups is 1. The zero-order valence-electron chi connectivity index (χ0n) is 28.8. The molecule has 46 heavy (non-hydrogen) atoms. The summed E-state index contributed by atoms with van der Waals surface area (Å²) in [5.41, 5.74) is 1.58. The number of ether oxygens (including phenoxy) is 1. The van der Waals surface area contributed by atoms with Crippen LogP contribution >= 0.6 is 0 Å². The first-order valence-corrected chi connectivity index (χ1v) is 19.5. The zero-order valence-corrected chi connectivity index (χ0v) is 30.5. The molecule has 0 amide bonds. The molecule has 0 aliphatic carbocycles.